The third-order valence-electron chi connectivity index (χ3n) is 2.59. The molecule has 0 unspecified atom stereocenters. The van der Waals surface area contributed by atoms with Gasteiger partial charge in [0.15, 0.2) is 5.65 Å². The van der Waals surface area contributed by atoms with Crippen LogP contribution in [0.4, 0.5) is 0 Å². The van der Waals surface area contributed by atoms with Crippen LogP contribution >= 0.6 is 0 Å². The molecule has 0 amide bonds. The average molecular weight is 227 g/mol. The molecule has 4 heteroatoms. The van der Waals surface area contributed by atoms with E-state index in [0.717, 1.165) is 16.6 Å². The van der Waals surface area contributed by atoms with Crippen molar-refractivity contribution in [1.82, 2.24) is 14.6 Å². The lowest BCUT2D eigenvalue weighted by molar-refractivity contribution is 0.220. The highest BCUT2D eigenvalue weighted by Crippen LogP contribution is 2.21. The monoisotopic (exact) mass is 227 g/mol. The average Bonchev–Trinajstić information content (AvgIpc) is 2.72. The van der Waals surface area contributed by atoms with Crippen LogP contribution < -0.4 is 4.74 Å². The van der Waals surface area contributed by atoms with Gasteiger partial charge in [-0.1, -0.05) is 23.3 Å². The van der Waals surface area contributed by atoms with E-state index in [1.807, 2.05) is 48.6 Å². The summed E-state index contributed by atoms with van der Waals surface area (Å²) in [6.45, 7) is 3.96. The van der Waals surface area contributed by atoms with Crippen LogP contribution in [0.3, 0.4) is 0 Å². The quantitative estimate of drug-likeness (QED) is 0.675. The fourth-order valence-electron chi connectivity index (χ4n) is 1.90. The Labute approximate surface area is 98.8 Å². The number of pyridine rings is 1. The van der Waals surface area contributed by atoms with Gasteiger partial charge < -0.3 is 4.74 Å². The maximum absolute atomic E-state index is 5.66. The first-order chi connectivity index (χ1) is 8.25. The van der Waals surface area contributed by atoms with E-state index in [-0.39, 0.29) is 6.10 Å². The second-order valence-corrected chi connectivity index (χ2v) is 4.23. The molecule has 0 radical (unpaired) electrons. The fraction of sp³-hybridized carbons (Fsp3) is 0.231. The molecular formula is C13H13N3O. The second kappa shape index (κ2) is 3.73. The van der Waals surface area contributed by atoms with Crippen LogP contribution in [-0.2, 0) is 0 Å². The van der Waals surface area contributed by atoms with Crippen molar-refractivity contribution in [3.8, 4) is 6.01 Å². The van der Waals surface area contributed by atoms with Gasteiger partial charge in [0, 0.05) is 0 Å². The maximum Gasteiger partial charge on any atom is 0.322 e. The lowest BCUT2D eigenvalue weighted by Gasteiger charge is -2.08. The predicted molar refractivity (Wildman–Crippen MR) is 66.3 cm³/mol. The second-order valence-electron chi connectivity index (χ2n) is 4.23. The molecule has 4 nitrogen and oxygen atoms in total. The first kappa shape index (κ1) is 10.1. The molecule has 0 saturated heterocycles. The van der Waals surface area contributed by atoms with Crippen molar-refractivity contribution < 1.29 is 4.74 Å². The van der Waals surface area contributed by atoms with E-state index < -0.39 is 0 Å². The number of hydrogen-bond donors (Lipinski definition) is 0. The van der Waals surface area contributed by atoms with E-state index >= 15 is 0 Å². The van der Waals surface area contributed by atoms with Crippen molar-refractivity contribution >= 4 is 16.6 Å². The number of fused-ring (bicyclic) bond motifs is 3. The Morgan fingerprint density at radius 3 is 2.71 bits per heavy atom. The number of benzene rings is 1. The topological polar surface area (TPSA) is 39.4 Å². The molecular weight excluding hydrogens is 214 g/mol. The summed E-state index contributed by atoms with van der Waals surface area (Å²) >= 11 is 0. The van der Waals surface area contributed by atoms with E-state index in [4.69, 9.17) is 4.74 Å². The van der Waals surface area contributed by atoms with E-state index in [0.29, 0.717) is 6.01 Å². The van der Waals surface area contributed by atoms with Gasteiger partial charge in [-0.15, -0.1) is 5.10 Å². The molecule has 0 aliphatic carbocycles. The SMILES string of the molecule is CC(C)Oc1nnc2ccc3ccccc3n12. The van der Waals surface area contributed by atoms with E-state index in [2.05, 4.69) is 16.3 Å². The summed E-state index contributed by atoms with van der Waals surface area (Å²) in [5.74, 6) is 0. The van der Waals surface area contributed by atoms with Crippen molar-refractivity contribution in [2.75, 3.05) is 0 Å². The number of ether oxygens (including phenoxy) is 1. The van der Waals surface area contributed by atoms with Gasteiger partial charge >= 0.3 is 6.01 Å². The summed E-state index contributed by atoms with van der Waals surface area (Å²) in [4.78, 5) is 0. The third-order valence-corrected chi connectivity index (χ3v) is 2.59. The third kappa shape index (κ3) is 1.62. The number of aromatic nitrogens is 3. The van der Waals surface area contributed by atoms with Crippen molar-refractivity contribution in [3.63, 3.8) is 0 Å². The molecule has 0 aliphatic heterocycles. The molecule has 2 heterocycles. The van der Waals surface area contributed by atoms with Crippen molar-refractivity contribution in [1.29, 1.82) is 0 Å². The van der Waals surface area contributed by atoms with Gasteiger partial charge in [-0.3, -0.25) is 0 Å². The van der Waals surface area contributed by atoms with Crippen LogP contribution in [0.25, 0.3) is 16.6 Å². The van der Waals surface area contributed by atoms with Crippen molar-refractivity contribution in [2.45, 2.75) is 20.0 Å². The standard InChI is InChI=1S/C13H13N3O/c1-9(2)17-13-15-14-12-8-7-10-5-3-4-6-11(10)16(12)13/h3-9H,1-2H3. The summed E-state index contributed by atoms with van der Waals surface area (Å²) < 4.78 is 7.60. The van der Waals surface area contributed by atoms with E-state index in [1.165, 1.54) is 0 Å². The molecule has 0 bridgehead atoms. The molecule has 2 aromatic heterocycles. The minimum atomic E-state index is 0.0846. The van der Waals surface area contributed by atoms with E-state index in [9.17, 15) is 0 Å². The van der Waals surface area contributed by atoms with Gasteiger partial charge in [0.25, 0.3) is 0 Å². The largest absolute Gasteiger partial charge is 0.461 e. The lowest BCUT2D eigenvalue weighted by atomic mass is 10.2. The summed E-state index contributed by atoms with van der Waals surface area (Å²) in [5, 5.41) is 9.33. The molecule has 17 heavy (non-hydrogen) atoms. The van der Waals surface area contributed by atoms with Crippen LogP contribution in [0.2, 0.25) is 0 Å². The Bertz CT molecular complexity index is 673. The Balaban J connectivity index is 2.34. The maximum atomic E-state index is 5.66. The molecule has 0 spiro atoms. The Morgan fingerprint density at radius 1 is 1.06 bits per heavy atom. The molecule has 0 saturated carbocycles. The van der Waals surface area contributed by atoms with E-state index in [1.54, 1.807) is 0 Å². The molecule has 0 atom stereocenters. The smallest absolute Gasteiger partial charge is 0.322 e. The van der Waals surface area contributed by atoms with Crippen LogP contribution in [0.5, 0.6) is 6.01 Å². The van der Waals surface area contributed by atoms with Gasteiger partial charge in [-0.05, 0) is 37.4 Å². The van der Waals surface area contributed by atoms with Crippen molar-refractivity contribution in [3.05, 3.63) is 36.4 Å². The fourth-order valence-corrected chi connectivity index (χ4v) is 1.90. The molecule has 0 fully saturated rings. The molecule has 86 valence electrons. The van der Waals surface area contributed by atoms with Gasteiger partial charge in [0.2, 0.25) is 0 Å². The van der Waals surface area contributed by atoms with Crippen LogP contribution in [0.1, 0.15) is 13.8 Å². The number of hydrogen-bond acceptors (Lipinski definition) is 3. The molecule has 1 aromatic carbocycles. The van der Waals surface area contributed by atoms with Gasteiger partial charge in [-0.25, -0.2) is 4.40 Å². The van der Waals surface area contributed by atoms with Gasteiger partial charge in [-0.2, -0.15) is 0 Å². The summed E-state index contributed by atoms with van der Waals surface area (Å²) in [5.41, 5.74) is 1.87. The Hall–Kier alpha value is -2.10. The minimum Gasteiger partial charge on any atom is -0.461 e. The zero-order chi connectivity index (χ0) is 11.8. The highest BCUT2D eigenvalue weighted by Gasteiger charge is 2.10. The summed E-state index contributed by atoms with van der Waals surface area (Å²) in [7, 11) is 0. The normalized spacial score (nSPS) is 11.5. The molecule has 3 aromatic rings. The van der Waals surface area contributed by atoms with Gasteiger partial charge in [0.05, 0.1) is 11.6 Å². The Morgan fingerprint density at radius 2 is 1.88 bits per heavy atom. The zero-order valence-electron chi connectivity index (χ0n) is 9.79. The minimum absolute atomic E-state index is 0.0846. The summed E-state index contributed by atoms with van der Waals surface area (Å²) in [6, 6.07) is 12.7. The van der Waals surface area contributed by atoms with Crippen LogP contribution in [0, 0.1) is 0 Å². The number of para-hydroxylation sites is 1. The lowest BCUT2D eigenvalue weighted by Crippen LogP contribution is -2.08. The molecule has 0 aliphatic rings. The van der Waals surface area contributed by atoms with Crippen molar-refractivity contribution in [2.24, 2.45) is 0 Å². The zero-order valence-corrected chi connectivity index (χ0v) is 9.79. The number of rotatable bonds is 2. The highest BCUT2D eigenvalue weighted by atomic mass is 16.5. The summed E-state index contributed by atoms with van der Waals surface area (Å²) in [6.07, 6.45) is 0.0846. The molecule has 0 N–H and O–H groups in total. The Kier molecular flexibility index (Phi) is 2.21. The van der Waals surface area contributed by atoms with Crippen LogP contribution in [-0.4, -0.2) is 20.7 Å². The van der Waals surface area contributed by atoms with Gasteiger partial charge in [0.1, 0.15) is 0 Å². The predicted octanol–water partition coefficient (Wildman–Crippen LogP) is 2.67. The number of nitrogens with zero attached hydrogens (tertiary/aromatic N) is 3. The van der Waals surface area contributed by atoms with Crippen LogP contribution in [0.15, 0.2) is 36.4 Å². The molecule has 3 rings (SSSR count). The first-order valence-electron chi connectivity index (χ1n) is 5.65. The highest BCUT2D eigenvalue weighted by molar-refractivity contribution is 5.82. The first-order valence-corrected chi connectivity index (χ1v) is 5.65.